The monoisotopic (exact) mass is 778 g/mol. The molecular formula is C48H46N2O8. The Balaban J connectivity index is 0.000000177. The minimum atomic E-state index is -0.322. The van der Waals surface area contributed by atoms with Gasteiger partial charge in [0.1, 0.15) is 34.5 Å². The zero-order valence-corrected chi connectivity index (χ0v) is 32.7. The summed E-state index contributed by atoms with van der Waals surface area (Å²) in [5.41, 5.74) is 5.36. The van der Waals surface area contributed by atoms with Crippen LogP contribution < -0.4 is 18.9 Å². The van der Waals surface area contributed by atoms with E-state index in [-0.39, 0.29) is 11.9 Å². The highest BCUT2D eigenvalue weighted by Gasteiger charge is 2.25. The van der Waals surface area contributed by atoms with Gasteiger partial charge < -0.3 is 28.4 Å². The summed E-state index contributed by atoms with van der Waals surface area (Å²) in [6.07, 6.45) is 12.0. The number of para-hydroxylation sites is 2. The van der Waals surface area contributed by atoms with E-state index in [1.165, 1.54) is 25.3 Å². The number of benzene rings is 4. The van der Waals surface area contributed by atoms with Gasteiger partial charge in [-0.05, 0) is 121 Å². The molecular weight excluding hydrogens is 733 g/mol. The van der Waals surface area contributed by atoms with Crippen molar-refractivity contribution in [1.29, 1.82) is 0 Å². The fourth-order valence-electron chi connectivity index (χ4n) is 7.39. The van der Waals surface area contributed by atoms with Crippen molar-refractivity contribution in [3.8, 4) is 34.5 Å². The Bertz CT molecular complexity index is 2140. The molecule has 8 rings (SSSR count). The summed E-state index contributed by atoms with van der Waals surface area (Å²) in [5.74, 6) is 4.92. The number of aryl methyl sites for hydroxylation is 2. The summed E-state index contributed by atoms with van der Waals surface area (Å²) in [5, 5.41) is 0. The lowest BCUT2D eigenvalue weighted by Gasteiger charge is -2.26. The van der Waals surface area contributed by atoms with Crippen molar-refractivity contribution >= 4 is 11.9 Å². The minimum Gasteiger partial charge on any atom is -0.493 e. The molecule has 2 aliphatic heterocycles. The van der Waals surface area contributed by atoms with Crippen LogP contribution in [0.4, 0.5) is 0 Å². The van der Waals surface area contributed by atoms with E-state index in [9.17, 15) is 9.59 Å². The molecule has 2 atom stereocenters. The number of ether oxygens (including phenoxy) is 6. The van der Waals surface area contributed by atoms with Crippen LogP contribution in [0.3, 0.4) is 0 Å². The van der Waals surface area contributed by atoms with Crippen molar-refractivity contribution in [2.24, 2.45) is 0 Å². The second kappa shape index (κ2) is 19.5. The number of carbonyl (C=O) groups excluding carboxylic acids is 2. The average molecular weight is 779 g/mol. The van der Waals surface area contributed by atoms with E-state index >= 15 is 0 Å². The van der Waals surface area contributed by atoms with Crippen LogP contribution in [-0.2, 0) is 22.3 Å². The molecule has 0 spiro atoms. The third kappa shape index (κ3) is 10.00. The van der Waals surface area contributed by atoms with E-state index in [2.05, 4.69) is 22.1 Å². The minimum absolute atomic E-state index is 0.322. The molecule has 10 heteroatoms. The van der Waals surface area contributed by atoms with Gasteiger partial charge in [0.25, 0.3) is 0 Å². The fourth-order valence-corrected chi connectivity index (χ4v) is 7.39. The number of hydrogen-bond acceptors (Lipinski definition) is 10. The lowest BCUT2D eigenvalue weighted by Crippen LogP contribution is -2.15. The van der Waals surface area contributed by atoms with Gasteiger partial charge in [-0.1, -0.05) is 48.5 Å². The molecule has 0 fully saturated rings. The lowest BCUT2D eigenvalue weighted by atomic mass is 9.87. The van der Waals surface area contributed by atoms with E-state index in [1.54, 1.807) is 36.9 Å². The van der Waals surface area contributed by atoms with Crippen molar-refractivity contribution in [3.63, 3.8) is 0 Å². The van der Waals surface area contributed by atoms with Gasteiger partial charge in [0.2, 0.25) is 0 Å². The number of methoxy groups -OCH3 is 2. The topological polar surface area (TPSA) is 115 Å². The summed E-state index contributed by atoms with van der Waals surface area (Å²) in [7, 11) is 2.80. The number of nitrogens with zero attached hydrogens (tertiary/aromatic N) is 2. The van der Waals surface area contributed by atoms with Gasteiger partial charge in [0.15, 0.2) is 0 Å². The molecule has 2 aliphatic rings. The maximum atomic E-state index is 12.0. The third-order valence-electron chi connectivity index (χ3n) is 10.4. The summed E-state index contributed by atoms with van der Waals surface area (Å²) >= 11 is 0. The number of esters is 2. The predicted octanol–water partition coefficient (Wildman–Crippen LogP) is 10.3. The first-order valence-electron chi connectivity index (χ1n) is 19.5. The highest BCUT2D eigenvalue weighted by molar-refractivity contribution is 5.91. The van der Waals surface area contributed by atoms with Crippen LogP contribution in [0.5, 0.6) is 34.5 Å². The molecule has 0 N–H and O–H groups in total. The second-order valence-corrected chi connectivity index (χ2v) is 14.0. The molecule has 4 aromatic carbocycles. The number of hydrogen-bond donors (Lipinski definition) is 0. The van der Waals surface area contributed by atoms with E-state index in [4.69, 9.17) is 28.4 Å². The maximum absolute atomic E-state index is 12.0. The Morgan fingerprint density at radius 3 is 1.41 bits per heavy atom. The molecule has 0 bridgehead atoms. The Labute approximate surface area is 338 Å². The normalized spacial score (nSPS) is 15.1. The van der Waals surface area contributed by atoms with Crippen molar-refractivity contribution in [2.75, 3.05) is 27.4 Å². The fraction of sp³-hybridized carbons (Fsp3) is 0.250. The summed E-state index contributed by atoms with van der Waals surface area (Å²) in [6, 6.07) is 34.9. The van der Waals surface area contributed by atoms with Gasteiger partial charge in [-0.15, -0.1) is 0 Å². The van der Waals surface area contributed by atoms with Gasteiger partial charge in [-0.2, -0.15) is 0 Å². The third-order valence-corrected chi connectivity index (χ3v) is 10.4. The molecule has 0 amide bonds. The number of rotatable bonds is 12. The Morgan fingerprint density at radius 2 is 1.00 bits per heavy atom. The molecule has 0 radical (unpaired) electrons. The van der Waals surface area contributed by atoms with Crippen LogP contribution in [-0.4, -0.2) is 49.3 Å². The van der Waals surface area contributed by atoms with Gasteiger partial charge in [-0.25, -0.2) is 9.59 Å². The Morgan fingerprint density at radius 1 is 0.569 bits per heavy atom. The molecule has 58 heavy (non-hydrogen) atoms. The van der Waals surface area contributed by atoms with E-state index in [0.29, 0.717) is 36.2 Å². The molecule has 10 nitrogen and oxygen atoms in total. The van der Waals surface area contributed by atoms with Crippen LogP contribution >= 0.6 is 0 Å². The number of pyridine rings is 2. The Hall–Kier alpha value is -6.68. The summed E-state index contributed by atoms with van der Waals surface area (Å²) in [4.78, 5) is 32.3. The van der Waals surface area contributed by atoms with Crippen molar-refractivity contribution < 1.29 is 38.0 Å². The number of fused-ring (bicyclic) bond motifs is 2. The van der Waals surface area contributed by atoms with Crippen molar-refractivity contribution in [3.05, 3.63) is 167 Å². The van der Waals surface area contributed by atoms with Crippen molar-refractivity contribution in [1.82, 2.24) is 9.97 Å². The largest absolute Gasteiger partial charge is 0.493 e. The first-order valence-corrected chi connectivity index (χ1v) is 19.5. The molecule has 4 heterocycles. The smallest absolute Gasteiger partial charge is 0.338 e. The van der Waals surface area contributed by atoms with Gasteiger partial charge >= 0.3 is 11.9 Å². The summed E-state index contributed by atoms with van der Waals surface area (Å²) in [6.45, 7) is 1.34. The SMILES string of the molecule is COC(=O)c1ccncc1CC[C@@H]1CCOc2cc(Oc3ccccc3)ccc21.COC(=O)c1ccncc1CC[C@H]1CCOc2cc(Oc3ccccc3)ccc21. The van der Waals surface area contributed by atoms with Crippen LogP contribution in [0, 0.1) is 0 Å². The molecule has 0 saturated carbocycles. The first kappa shape index (κ1) is 39.6. The molecule has 0 unspecified atom stereocenters. The lowest BCUT2D eigenvalue weighted by molar-refractivity contribution is 0.0590. The zero-order valence-electron chi connectivity index (χ0n) is 32.7. The van der Waals surface area contributed by atoms with E-state index in [1.807, 2.05) is 84.9 Å². The second-order valence-electron chi connectivity index (χ2n) is 14.0. The molecule has 296 valence electrons. The van der Waals surface area contributed by atoms with Crippen LogP contribution in [0.25, 0.3) is 0 Å². The molecule has 0 aliphatic carbocycles. The maximum Gasteiger partial charge on any atom is 0.338 e. The molecule has 0 saturated heterocycles. The van der Waals surface area contributed by atoms with Gasteiger partial charge in [0.05, 0.1) is 38.6 Å². The molecule has 2 aromatic heterocycles. The molecule has 6 aromatic rings. The quantitative estimate of drug-likeness (QED) is 0.111. The van der Waals surface area contributed by atoms with E-state index < -0.39 is 0 Å². The van der Waals surface area contributed by atoms with Crippen LogP contribution in [0.2, 0.25) is 0 Å². The average Bonchev–Trinajstić information content (AvgIpc) is 3.28. The number of carbonyl (C=O) groups is 2. The van der Waals surface area contributed by atoms with Gasteiger partial charge in [-0.3, -0.25) is 9.97 Å². The number of aromatic nitrogens is 2. The Kier molecular flexibility index (Phi) is 13.3. The van der Waals surface area contributed by atoms with Gasteiger partial charge in [0, 0.05) is 36.9 Å². The standard InChI is InChI=1S/2C24H23NO4/c2*1-27-24(26)22-11-13-25-16-18(22)8-7-17-12-14-28-23-15-20(9-10-21(17)23)29-19-5-3-2-4-6-19/h2*2-6,9-11,13,15-17H,7-8,12,14H2,1H3/t2*17-/m10/s1. The van der Waals surface area contributed by atoms with Crippen LogP contribution in [0.15, 0.2) is 134 Å². The highest BCUT2D eigenvalue weighted by Crippen LogP contribution is 2.41. The highest BCUT2D eigenvalue weighted by atomic mass is 16.5. The van der Waals surface area contributed by atoms with E-state index in [0.717, 1.165) is 84.1 Å². The summed E-state index contributed by atoms with van der Waals surface area (Å²) < 4.78 is 33.4. The van der Waals surface area contributed by atoms with Crippen molar-refractivity contribution in [2.45, 2.75) is 50.4 Å². The zero-order chi connectivity index (χ0) is 40.1. The van der Waals surface area contributed by atoms with Crippen LogP contribution in [0.1, 0.15) is 80.5 Å². The predicted molar refractivity (Wildman–Crippen MR) is 219 cm³/mol. The first-order chi connectivity index (χ1) is 28.5.